The van der Waals surface area contributed by atoms with Crippen LogP contribution in [0, 0.1) is 0 Å². The third-order valence-electron chi connectivity index (χ3n) is 2.91. The van der Waals surface area contributed by atoms with Crippen LogP contribution in [0.15, 0.2) is 41.7 Å². The number of methoxy groups -OCH3 is 1. The fourth-order valence-electron chi connectivity index (χ4n) is 1.90. The minimum atomic E-state index is -1.05. The smallest absolute Gasteiger partial charge is 0.200 e. The Morgan fingerprint density at radius 3 is 2.85 bits per heavy atom. The molecule has 0 aromatic heterocycles. The van der Waals surface area contributed by atoms with Gasteiger partial charge in [-0.05, 0) is 24.3 Å². The van der Waals surface area contributed by atoms with E-state index in [1.807, 2.05) is 12.1 Å². The standard InChI is InChI=1S/C13H12N4O2S/c1-19-12-7-9(20(2)18)3-4-11(12)17-6-5-10-13(16-17)15-8-14-10/h3-8H,1-2H3. The molecule has 0 saturated heterocycles. The molecule has 0 aliphatic carbocycles. The summed E-state index contributed by atoms with van der Waals surface area (Å²) in [7, 11) is 0.519. The van der Waals surface area contributed by atoms with Crippen LogP contribution in [0.2, 0.25) is 0 Å². The minimum Gasteiger partial charge on any atom is -0.494 e. The Morgan fingerprint density at radius 2 is 2.10 bits per heavy atom. The van der Waals surface area contributed by atoms with Crippen LogP contribution in [0.25, 0.3) is 17.2 Å². The molecule has 7 heteroatoms. The Labute approximate surface area is 118 Å². The maximum absolute atomic E-state index is 11.5. The molecule has 1 aromatic carbocycles. The molecular formula is C13H12N4O2S. The van der Waals surface area contributed by atoms with Gasteiger partial charge in [0.05, 0.1) is 7.11 Å². The zero-order valence-corrected chi connectivity index (χ0v) is 11.8. The van der Waals surface area contributed by atoms with Crippen molar-refractivity contribution in [2.45, 2.75) is 4.90 Å². The first-order chi connectivity index (χ1) is 9.69. The SMILES string of the molecule is COc1cc(S(C)=O)ccc1-n1ccc2ncnc-2n1. The van der Waals surface area contributed by atoms with Gasteiger partial charge in [-0.1, -0.05) is 0 Å². The van der Waals surface area contributed by atoms with E-state index < -0.39 is 10.8 Å². The number of nitrogens with zero attached hydrogens (tertiary/aromatic N) is 4. The predicted octanol–water partition coefficient (Wildman–Crippen LogP) is 1.51. The van der Waals surface area contributed by atoms with Crippen LogP contribution in [0.4, 0.5) is 0 Å². The molecule has 0 radical (unpaired) electrons. The molecule has 1 unspecified atom stereocenters. The van der Waals surface area contributed by atoms with E-state index in [1.54, 1.807) is 36.4 Å². The summed E-state index contributed by atoms with van der Waals surface area (Å²) in [6, 6.07) is 7.20. The van der Waals surface area contributed by atoms with Crippen molar-refractivity contribution in [3.05, 3.63) is 36.8 Å². The van der Waals surface area contributed by atoms with Crippen LogP contribution < -0.4 is 4.74 Å². The molecule has 3 rings (SSSR count). The van der Waals surface area contributed by atoms with Gasteiger partial charge in [0.25, 0.3) is 0 Å². The summed E-state index contributed by atoms with van der Waals surface area (Å²) < 4.78 is 18.5. The van der Waals surface area contributed by atoms with Crippen molar-refractivity contribution in [2.75, 3.05) is 13.4 Å². The zero-order chi connectivity index (χ0) is 14.1. The normalized spacial score (nSPS) is 12.5. The molecule has 0 saturated carbocycles. The van der Waals surface area contributed by atoms with Gasteiger partial charge < -0.3 is 4.74 Å². The second kappa shape index (κ2) is 5.01. The topological polar surface area (TPSA) is 69.9 Å². The summed E-state index contributed by atoms with van der Waals surface area (Å²) in [5, 5.41) is 4.38. The van der Waals surface area contributed by atoms with E-state index in [9.17, 15) is 4.21 Å². The predicted molar refractivity (Wildman–Crippen MR) is 74.7 cm³/mol. The fourth-order valence-corrected chi connectivity index (χ4v) is 2.43. The van der Waals surface area contributed by atoms with Gasteiger partial charge in [0.15, 0.2) is 5.82 Å². The van der Waals surface area contributed by atoms with Crippen LogP contribution >= 0.6 is 0 Å². The maximum atomic E-state index is 11.5. The summed E-state index contributed by atoms with van der Waals surface area (Å²) >= 11 is 0. The highest BCUT2D eigenvalue weighted by molar-refractivity contribution is 7.84. The monoisotopic (exact) mass is 288 g/mol. The number of ether oxygens (including phenoxy) is 1. The van der Waals surface area contributed by atoms with E-state index >= 15 is 0 Å². The van der Waals surface area contributed by atoms with Gasteiger partial charge in [0.1, 0.15) is 23.5 Å². The van der Waals surface area contributed by atoms with Gasteiger partial charge >= 0.3 is 0 Å². The lowest BCUT2D eigenvalue weighted by molar-refractivity contribution is 0.410. The Morgan fingerprint density at radius 1 is 1.25 bits per heavy atom. The van der Waals surface area contributed by atoms with Gasteiger partial charge in [-0.3, -0.25) is 4.21 Å². The maximum Gasteiger partial charge on any atom is 0.200 e. The lowest BCUT2D eigenvalue weighted by Crippen LogP contribution is -2.05. The van der Waals surface area contributed by atoms with E-state index in [-0.39, 0.29) is 0 Å². The molecule has 20 heavy (non-hydrogen) atoms. The van der Waals surface area contributed by atoms with Crippen LogP contribution in [-0.2, 0) is 10.8 Å². The van der Waals surface area contributed by atoms with Gasteiger partial charge in [0.2, 0.25) is 0 Å². The molecular weight excluding hydrogens is 276 g/mol. The summed E-state index contributed by atoms with van der Waals surface area (Å²) in [4.78, 5) is 8.86. The minimum absolute atomic E-state index is 0.567. The highest BCUT2D eigenvalue weighted by Crippen LogP contribution is 2.26. The Hall–Kier alpha value is -2.28. The van der Waals surface area contributed by atoms with Crippen LogP contribution in [0.1, 0.15) is 0 Å². The lowest BCUT2D eigenvalue weighted by Gasteiger charge is -2.12. The molecule has 1 atom stereocenters. The average Bonchev–Trinajstić information content (AvgIpc) is 2.93. The molecule has 0 fully saturated rings. The first-order valence-electron chi connectivity index (χ1n) is 5.87. The van der Waals surface area contributed by atoms with E-state index in [2.05, 4.69) is 15.1 Å². The quantitative estimate of drug-likeness (QED) is 0.730. The van der Waals surface area contributed by atoms with Crippen molar-refractivity contribution in [2.24, 2.45) is 0 Å². The highest BCUT2D eigenvalue weighted by atomic mass is 32.2. The molecule has 0 N–H and O–H groups in total. The number of fused-ring (bicyclic) bond motifs is 1. The molecule has 2 aliphatic rings. The largest absolute Gasteiger partial charge is 0.494 e. The number of hydrogen-bond donors (Lipinski definition) is 0. The number of benzene rings is 1. The van der Waals surface area contributed by atoms with Crippen molar-refractivity contribution in [3.63, 3.8) is 0 Å². The molecule has 2 heterocycles. The zero-order valence-electron chi connectivity index (χ0n) is 11.0. The van der Waals surface area contributed by atoms with Crippen molar-refractivity contribution < 1.29 is 8.95 Å². The summed E-state index contributed by atoms with van der Waals surface area (Å²) in [6.07, 6.45) is 4.89. The average molecular weight is 288 g/mol. The molecule has 6 nitrogen and oxygen atoms in total. The summed E-state index contributed by atoms with van der Waals surface area (Å²) in [5.41, 5.74) is 1.50. The Kier molecular flexibility index (Phi) is 3.19. The third-order valence-corrected chi connectivity index (χ3v) is 3.83. The van der Waals surface area contributed by atoms with Crippen molar-refractivity contribution in [3.8, 4) is 23.0 Å². The lowest BCUT2D eigenvalue weighted by atomic mass is 10.3. The van der Waals surface area contributed by atoms with Gasteiger partial charge in [-0.2, -0.15) is 0 Å². The van der Waals surface area contributed by atoms with Crippen LogP contribution in [-0.4, -0.2) is 37.3 Å². The Bertz CT molecular complexity index is 756. The van der Waals surface area contributed by atoms with Gasteiger partial charge in [0, 0.05) is 28.1 Å². The van der Waals surface area contributed by atoms with Crippen molar-refractivity contribution >= 4 is 10.8 Å². The van der Waals surface area contributed by atoms with Crippen molar-refractivity contribution in [1.82, 2.24) is 19.7 Å². The number of hydrogen-bond acceptors (Lipinski definition) is 5. The first kappa shape index (κ1) is 12.7. The molecule has 0 spiro atoms. The first-order valence-corrected chi connectivity index (χ1v) is 7.43. The number of imidazole rings is 1. The Balaban J connectivity index is 2.13. The van der Waals surface area contributed by atoms with E-state index in [1.165, 1.54) is 6.33 Å². The van der Waals surface area contributed by atoms with E-state index in [0.29, 0.717) is 16.5 Å². The highest BCUT2D eigenvalue weighted by Gasteiger charge is 2.12. The summed E-state index contributed by atoms with van der Waals surface area (Å²) in [6.45, 7) is 0. The third kappa shape index (κ3) is 2.16. The molecule has 2 aliphatic heterocycles. The summed E-state index contributed by atoms with van der Waals surface area (Å²) in [5.74, 6) is 1.17. The van der Waals surface area contributed by atoms with Gasteiger partial charge in [-0.15, -0.1) is 5.10 Å². The molecule has 0 amide bonds. The van der Waals surface area contributed by atoms with E-state index in [4.69, 9.17) is 4.74 Å². The van der Waals surface area contributed by atoms with Crippen molar-refractivity contribution in [1.29, 1.82) is 0 Å². The second-order valence-corrected chi connectivity index (χ2v) is 5.51. The molecule has 0 bridgehead atoms. The van der Waals surface area contributed by atoms with Gasteiger partial charge in [-0.25, -0.2) is 14.6 Å². The van der Waals surface area contributed by atoms with Crippen LogP contribution in [0.5, 0.6) is 5.75 Å². The second-order valence-electron chi connectivity index (χ2n) is 4.13. The molecule has 1 aromatic rings. The number of rotatable bonds is 3. The molecule has 102 valence electrons. The van der Waals surface area contributed by atoms with Crippen LogP contribution in [0.3, 0.4) is 0 Å². The number of aromatic nitrogens is 4. The van der Waals surface area contributed by atoms with E-state index in [0.717, 1.165) is 11.4 Å². The fraction of sp³-hybridized carbons (Fsp3) is 0.154.